The molecule has 0 aliphatic heterocycles. The van der Waals surface area contributed by atoms with Crippen LogP contribution >= 0.6 is 0 Å². The van der Waals surface area contributed by atoms with Crippen LogP contribution in [0, 0.1) is 5.41 Å². The van der Waals surface area contributed by atoms with Crippen molar-refractivity contribution in [3.8, 4) is 11.1 Å². The summed E-state index contributed by atoms with van der Waals surface area (Å²) in [6.07, 6.45) is 0.945. The van der Waals surface area contributed by atoms with E-state index in [0.29, 0.717) is 0 Å². The molecule has 1 aliphatic carbocycles. The van der Waals surface area contributed by atoms with Gasteiger partial charge in [0.05, 0.1) is 6.04 Å². The third-order valence-electron chi connectivity index (χ3n) is 4.82. The number of carboxylic acid groups (broad SMARTS) is 1. The van der Waals surface area contributed by atoms with Crippen LogP contribution in [0.5, 0.6) is 0 Å². The Morgan fingerprint density at radius 1 is 1.22 bits per heavy atom. The third-order valence-corrected chi connectivity index (χ3v) is 4.82. The number of aryl methyl sites for hydroxylation is 1. The molecule has 0 fully saturated rings. The molecule has 3 nitrogen and oxygen atoms in total. The first kappa shape index (κ1) is 15.6. The number of hydrogen-bond donors (Lipinski definition) is 2. The summed E-state index contributed by atoms with van der Waals surface area (Å²) >= 11 is 0. The predicted molar refractivity (Wildman–Crippen MR) is 92.6 cm³/mol. The van der Waals surface area contributed by atoms with E-state index in [9.17, 15) is 4.79 Å². The summed E-state index contributed by atoms with van der Waals surface area (Å²) in [5.41, 5.74) is 5.99. The molecule has 0 radical (unpaired) electrons. The predicted octanol–water partition coefficient (Wildman–Crippen LogP) is 4.81. The van der Waals surface area contributed by atoms with Crippen LogP contribution in [0.25, 0.3) is 11.1 Å². The van der Waals surface area contributed by atoms with Gasteiger partial charge in [-0.3, -0.25) is 0 Å². The van der Waals surface area contributed by atoms with E-state index in [1.54, 1.807) is 0 Å². The molecule has 3 rings (SSSR count). The summed E-state index contributed by atoms with van der Waals surface area (Å²) in [5, 5.41) is 11.8. The van der Waals surface area contributed by atoms with E-state index in [4.69, 9.17) is 5.11 Å². The first-order valence-electron chi connectivity index (χ1n) is 8.12. The molecule has 1 amide bonds. The first-order chi connectivity index (χ1) is 10.9. The Balaban J connectivity index is 1.99. The zero-order chi connectivity index (χ0) is 16.6. The molecule has 3 heteroatoms. The quantitative estimate of drug-likeness (QED) is 0.855. The van der Waals surface area contributed by atoms with Gasteiger partial charge < -0.3 is 10.4 Å². The van der Waals surface area contributed by atoms with Crippen molar-refractivity contribution in [2.24, 2.45) is 5.41 Å². The zero-order valence-corrected chi connectivity index (χ0v) is 13.9. The molecule has 0 heterocycles. The molecule has 2 N–H and O–H groups in total. The summed E-state index contributed by atoms with van der Waals surface area (Å²) in [6, 6.07) is 14.9. The van der Waals surface area contributed by atoms with Gasteiger partial charge in [0.25, 0.3) is 0 Å². The van der Waals surface area contributed by atoms with Gasteiger partial charge in [-0.05, 0) is 46.1 Å². The molecule has 0 aromatic heterocycles. The van der Waals surface area contributed by atoms with Gasteiger partial charge >= 0.3 is 6.09 Å². The second-order valence-corrected chi connectivity index (χ2v) is 7.02. The molecule has 23 heavy (non-hydrogen) atoms. The maximum Gasteiger partial charge on any atom is 0.405 e. The van der Waals surface area contributed by atoms with E-state index in [1.807, 2.05) is 0 Å². The lowest BCUT2D eigenvalue weighted by atomic mass is 9.85. The lowest BCUT2D eigenvalue weighted by molar-refractivity contribution is 0.175. The largest absolute Gasteiger partial charge is 0.465 e. The standard InChI is InChI=1S/C20H23NO2/c1-4-13-6-5-7-14(10-13)15-8-9-17-16(11-15)12-20(2,3)18(17)21-19(22)23/h5-11,18,21H,4,12H2,1-3H3,(H,22,23)/t18-/m0/s1. The van der Waals surface area contributed by atoms with Gasteiger partial charge in [0, 0.05) is 0 Å². The van der Waals surface area contributed by atoms with Gasteiger partial charge in [-0.25, -0.2) is 4.79 Å². The Kier molecular flexibility index (Phi) is 3.88. The summed E-state index contributed by atoms with van der Waals surface area (Å²) in [7, 11) is 0. The Morgan fingerprint density at radius 3 is 2.65 bits per heavy atom. The summed E-state index contributed by atoms with van der Waals surface area (Å²) in [4.78, 5) is 11.1. The number of amides is 1. The Morgan fingerprint density at radius 2 is 1.96 bits per heavy atom. The number of carbonyl (C=O) groups is 1. The second-order valence-electron chi connectivity index (χ2n) is 7.02. The van der Waals surface area contributed by atoms with Crippen molar-refractivity contribution in [2.45, 2.75) is 39.7 Å². The van der Waals surface area contributed by atoms with E-state index >= 15 is 0 Å². The Labute approximate surface area is 137 Å². The Bertz CT molecular complexity index is 749. The number of rotatable bonds is 3. The van der Waals surface area contributed by atoms with Crippen molar-refractivity contribution in [3.63, 3.8) is 0 Å². The van der Waals surface area contributed by atoms with Gasteiger partial charge in [-0.2, -0.15) is 0 Å². The highest BCUT2D eigenvalue weighted by Gasteiger charge is 2.39. The highest BCUT2D eigenvalue weighted by Crippen LogP contribution is 2.46. The van der Waals surface area contributed by atoms with Crippen LogP contribution in [0.15, 0.2) is 42.5 Å². The van der Waals surface area contributed by atoms with Crippen molar-refractivity contribution < 1.29 is 9.90 Å². The highest BCUT2D eigenvalue weighted by molar-refractivity contribution is 5.69. The van der Waals surface area contributed by atoms with Crippen LogP contribution in [0.1, 0.15) is 43.5 Å². The fourth-order valence-corrected chi connectivity index (χ4v) is 3.60. The lowest BCUT2D eigenvalue weighted by Crippen LogP contribution is -2.34. The monoisotopic (exact) mass is 309 g/mol. The summed E-state index contributed by atoms with van der Waals surface area (Å²) in [6.45, 7) is 6.39. The van der Waals surface area contributed by atoms with E-state index in [2.05, 4.69) is 68.6 Å². The average Bonchev–Trinajstić information content (AvgIpc) is 2.76. The topological polar surface area (TPSA) is 49.3 Å². The highest BCUT2D eigenvalue weighted by atomic mass is 16.4. The summed E-state index contributed by atoms with van der Waals surface area (Å²) in [5.74, 6) is 0. The van der Waals surface area contributed by atoms with Crippen LogP contribution in [-0.2, 0) is 12.8 Å². The minimum absolute atomic E-state index is 0.107. The number of nitrogens with one attached hydrogen (secondary N) is 1. The van der Waals surface area contributed by atoms with Gasteiger partial charge in [0.1, 0.15) is 0 Å². The van der Waals surface area contributed by atoms with Gasteiger partial charge in [-0.1, -0.05) is 63.2 Å². The molecule has 1 aliphatic rings. The third kappa shape index (κ3) is 2.96. The van der Waals surface area contributed by atoms with Crippen molar-refractivity contribution >= 4 is 6.09 Å². The second kappa shape index (κ2) is 5.73. The van der Waals surface area contributed by atoms with E-state index in [0.717, 1.165) is 18.4 Å². The molecule has 0 saturated heterocycles. The molecular formula is C20H23NO2. The van der Waals surface area contributed by atoms with Crippen molar-refractivity contribution in [2.75, 3.05) is 0 Å². The minimum Gasteiger partial charge on any atom is -0.465 e. The number of fused-ring (bicyclic) bond motifs is 1. The maximum atomic E-state index is 11.1. The van der Waals surface area contributed by atoms with Gasteiger partial charge in [0.2, 0.25) is 0 Å². The van der Waals surface area contributed by atoms with Crippen LogP contribution in [0.4, 0.5) is 4.79 Å². The van der Waals surface area contributed by atoms with E-state index in [-0.39, 0.29) is 11.5 Å². The molecule has 2 aromatic rings. The van der Waals surface area contributed by atoms with E-state index < -0.39 is 6.09 Å². The Hall–Kier alpha value is -2.29. The van der Waals surface area contributed by atoms with Crippen LogP contribution in [0.2, 0.25) is 0 Å². The molecule has 2 aromatic carbocycles. The summed E-state index contributed by atoms with van der Waals surface area (Å²) < 4.78 is 0. The number of hydrogen-bond acceptors (Lipinski definition) is 1. The van der Waals surface area contributed by atoms with Gasteiger partial charge in [-0.15, -0.1) is 0 Å². The van der Waals surface area contributed by atoms with Crippen LogP contribution in [0.3, 0.4) is 0 Å². The molecule has 0 saturated carbocycles. The molecule has 0 bridgehead atoms. The molecule has 0 unspecified atom stereocenters. The molecule has 0 spiro atoms. The SMILES string of the molecule is CCc1cccc(-c2ccc3c(c2)CC(C)(C)[C@H]3NC(=O)O)c1. The molecule has 1 atom stereocenters. The minimum atomic E-state index is -0.962. The van der Waals surface area contributed by atoms with Crippen molar-refractivity contribution in [3.05, 3.63) is 59.2 Å². The smallest absolute Gasteiger partial charge is 0.405 e. The molecule has 120 valence electrons. The van der Waals surface area contributed by atoms with E-state index in [1.165, 1.54) is 22.3 Å². The van der Waals surface area contributed by atoms with Crippen LogP contribution in [-0.4, -0.2) is 11.2 Å². The van der Waals surface area contributed by atoms with Gasteiger partial charge in [0.15, 0.2) is 0 Å². The fourth-order valence-electron chi connectivity index (χ4n) is 3.60. The number of benzene rings is 2. The van der Waals surface area contributed by atoms with Crippen LogP contribution < -0.4 is 5.32 Å². The first-order valence-corrected chi connectivity index (χ1v) is 8.12. The molecular weight excluding hydrogens is 286 g/mol. The maximum absolute atomic E-state index is 11.1. The normalized spacial score (nSPS) is 18.5. The van der Waals surface area contributed by atoms with Crippen molar-refractivity contribution in [1.82, 2.24) is 5.32 Å². The average molecular weight is 309 g/mol. The zero-order valence-electron chi connectivity index (χ0n) is 13.9. The fraction of sp³-hybridized carbons (Fsp3) is 0.350. The van der Waals surface area contributed by atoms with Crippen molar-refractivity contribution in [1.29, 1.82) is 0 Å². The lowest BCUT2D eigenvalue weighted by Gasteiger charge is -2.27.